The number of rotatable bonds is 5. The van der Waals surface area contributed by atoms with E-state index in [2.05, 4.69) is 53.9 Å². The fourth-order valence-corrected chi connectivity index (χ4v) is 5.35. The van der Waals surface area contributed by atoms with Crippen LogP contribution in [0.25, 0.3) is 0 Å². The minimum Gasteiger partial charge on any atom is -0.444 e. The first-order valence-electron chi connectivity index (χ1n) is 13.4. The molecular formula is C26H45BN4O4. The van der Waals surface area contributed by atoms with Crippen molar-refractivity contribution in [3.63, 3.8) is 0 Å². The van der Waals surface area contributed by atoms with Gasteiger partial charge in [-0.05, 0) is 92.9 Å². The second-order valence-electron chi connectivity index (χ2n) is 12.7. The first-order valence-corrected chi connectivity index (χ1v) is 13.4. The van der Waals surface area contributed by atoms with Crippen LogP contribution in [0, 0.1) is 5.92 Å². The second kappa shape index (κ2) is 10.1. The zero-order valence-corrected chi connectivity index (χ0v) is 22.8. The molecule has 1 N–H and O–H groups in total. The predicted octanol–water partition coefficient (Wildman–Crippen LogP) is 3.90. The average Bonchev–Trinajstić information content (AvgIpc) is 3.31. The summed E-state index contributed by atoms with van der Waals surface area (Å²) in [6.45, 7) is 17.4. The molecule has 0 bridgehead atoms. The molecule has 1 amide bonds. The SMILES string of the molecule is CC(C)(C)OC(=O)NC1CCC(CN2CCC(n3cc(B4OC(C)(C)C(C)(C)O4)cn3)CC2)CC1. The molecule has 4 rings (SSSR count). The van der Waals surface area contributed by atoms with Gasteiger partial charge < -0.3 is 24.3 Å². The molecule has 0 atom stereocenters. The van der Waals surface area contributed by atoms with Crippen molar-refractivity contribution in [2.45, 2.75) is 116 Å². The van der Waals surface area contributed by atoms with Crippen molar-refractivity contribution >= 4 is 18.7 Å². The lowest BCUT2D eigenvalue weighted by Crippen LogP contribution is -2.43. The molecule has 35 heavy (non-hydrogen) atoms. The van der Waals surface area contributed by atoms with Gasteiger partial charge in [-0.25, -0.2) is 4.79 Å². The number of carbonyl (C=O) groups is 1. The quantitative estimate of drug-likeness (QED) is 0.634. The molecule has 1 aliphatic carbocycles. The smallest absolute Gasteiger partial charge is 0.444 e. The van der Waals surface area contributed by atoms with Gasteiger partial charge in [0.05, 0.1) is 17.2 Å². The van der Waals surface area contributed by atoms with E-state index in [4.69, 9.17) is 14.0 Å². The summed E-state index contributed by atoms with van der Waals surface area (Å²) < 4.78 is 19.9. The molecule has 1 aromatic heterocycles. The van der Waals surface area contributed by atoms with Crippen LogP contribution in [0.2, 0.25) is 0 Å². The molecule has 1 saturated carbocycles. The molecule has 9 heteroatoms. The Kier molecular flexibility index (Phi) is 7.61. The fraction of sp³-hybridized carbons (Fsp3) is 0.846. The second-order valence-corrected chi connectivity index (χ2v) is 12.7. The van der Waals surface area contributed by atoms with Crippen molar-refractivity contribution in [1.29, 1.82) is 0 Å². The van der Waals surface area contributed by atoms with Crippen LogP contribution in [0.5, 0.6) is 0 Å². The number of alkyl carbamates (subject to hydrolysis) is 1. The number of nitrogens with zero attached hydrogens (tertiary/aromatic N) is 3. The van der Waals surface area contributed by atoms with Crippen molar-refractivity contribution in [3.8, 4) is 0 Å². The van der Waals surface area contributed by atoms with Crippen LogP contribution in [-0.2, 0) is 14.0 Å². The highest BCUT2D eigenvalue weighted by atomic mass is 16.7. The van der Waals surface area contributed by atoms with Gasteiger partial charge in [0, 0.05) is 43.5 Å². The van der Waals surface area contributed by atoms with E-state index in [1.807, 2.05) is 27.0 Å². The number of ether oxygens (including phenoxy) is 1. The van der Waals surface area contributed by atoms with E-state index >= 15 is 0 Å². The topological polar surface area (TPSA) is 77.9 Å². The van der Waals surface area contributed by atoms with Crippen LogP contribution in [0.15, 0.2) is 12.4 Å². The van der Waals surface area contributed by atoms with E-state index in [9.17, 15) is 4.79 Å². The minimum absolute atomic E-state index is 0.241. The van der Waals surface area contributed by atoms with Gasteiger partial charge in [-0.15, -0.1) is 0 Å². The minimum atomic E-state index is -0.447. The van der Waals surface area contributed by atoms with E-state index < -0.39 is 5.60 Å². The number of hydrogen-bond donors (Lipinski definition) is 1. The zero-order valence-electron chi connectivity index (χ0n) is 22.8. The summed E-state index contributed by atoms with van der Waals surface area (Å²) in [5.41, 5.74) is -0.119. The Bertz CT molecular complexity index is 849. The maximum absolute atomic E-state index is 12.0. The van der Waals surface area contributed by atoms with Gasteiger partial charge in [0.15, 0.2) is 0 Å². The lowest BCUT2D eigenvalue weighted by atomic mass is 9.82. The summed E-state index contributed by atoms with van der Waals surface area (Å²) in [6.07, 6.45) is 10.3. The maximum Gasteiger partial charge on any atom is 0.498 e. The molecule has 0 spiro atoms. The largest absolute Gasteiger partial charge is 0.498 e. The third kappa shape index (κ3) is 6.60. The summed E-state index contributed by atoms with van der Waals surface area (Å²) in [5.74, 6) is 0.711. The zero-order chi connectivity index (χ0) is 25.4. The van der Waals surface area contributed by atoms with E-state index in [0.29, 0.717) is 12.0 Å². The standard InChI is InChI=1S/C26H45BN4O4/c1-24(2,3)33-23(32)29-21-10-8-19(9-11-21)17-30-14-12-22(13-15-30)31-18-20(16-28-31)27-34-25(4,5)26(6,7)35-27/h16,18-19,21-22H,8-15,17H2,1-7H3,(H,29,32). The number of nitrogens with one attached hydrogen (secondary N) is 1. The predicted molar refractivity (Wildman–Crippen MR) is 138 cm³/mol. The van der Waals surface area contributed by atoms with E-state index in [-0.39, 0.29) is 30.5 Å². The normalized spacial score (nSPS) is 27.7. The number of hydrogen-bond acceptors (Lipinski definition) is 6. The highest BCUT2D eigenvalue weighted by molar-refractivity contribution is 6.62. The first kappa shape index (κ1) is 26.5. The van der Waals surface area contributed by atoms with Crippen LogP contribution in [0.4, 0.5) is 4.79 Å². The Morgan fingerprint density at radius 3 is 2.26 bits per heavy atom. The molecule has 8 nitrogen and oxygen atoms in total. The molecule has 2 aliphatic heterocycles. The Labute approximate surface area is 211 Å². The van der Waals surface area contributed by atoms with Crippen molar-refractivity contribution in [2.75, 3.05) is 19.6 Å². The summed E-state index contributed by atoms with van der Waals surface area (Å²) in [6, 6.07) is 0.668. The van der Waals surface area contributed by atoms with Crippen LogP contribution in [0.1, 0.15) is 93.0 Å². The van der Waals surface area contributed by atoms with Crippen LogP contribution >= 0.6 is 0 Å². The highest BCUT2D eigenvalue weighted by Gasteiger charge is 2.52. The molecule has 196 valence electrons. The number of carbonyl (C=O) groups excluding carboxylic acids is 1. The van der Waals surface area contributed by atoms with Gasteiger partial charge in [0.1, 0.15) is 5.60 Å². The van der Waals surface area contributed by atoms with Crippen molar-refractivity contribution in [3.05, 3.63) is 12.4 Å². The van der Waals surface area contributed by atoms with Gasteiger partial charge in [0.2, 0.25) is 0 Å². The Morgan fingerprint density at radius 2 is 1.69 bits per heavy atom. The van der Waals surface area contributed by atoms with Crippen molar-refractivity contribution in [1.82, 2.24) is 20.0 Å². The molecule has 0 unspecified atom stereocenters. The van der Waals surface area contributed by atoms with Gasteiger partial charge in [0.25, 0.3) is 0 Å². The average molecular weight is 488 g/mol. The third-order valence-corrected chi connectivity index (χ3v) is 8.16. The Balaban J connectivity index is 1.18. The Morgan fingerprint density at radius 1 is 1.09 bits per heavy atom. The molecule has 2 saturated heterocycles. The number of aromatic nitrogens is 2. The van der Waals surface area contributed by atoms with E-state index in [0.717, 1.165) is 63.6 Å². The molecule has 1 aromatic rings. The lowest BCUT2D eigenvalue weighted by molar-refractivity contribution is 0.00578. The van der Waals surface area contributed by atoms with E-state index in [1.54, 1.807) is 0 Å². The third-order valence-electron chi connectivity index (χ3n) is 8.16. The molecule has 3 fully saturated rings. The molecular weight excluding hydrogens is 443 g/mol. The fourth-order valence-electron chi connectivity index (χ4n) is 5.35. The van der Waals surface area contributed by atoms with Crippen LogP contribution in [0.3, 0.4) is 0 Å². The summed E-state index contributed by atoms with van der Waals surface area (Å²) in [5, 5.41) is 7.72. The van der Waals surface area contributed by atoms with Gasteiger partial charge in [-0.3, -0.25) is 4.68 Å². The number of piperidine rings is 1. The van der Waals surface area contributed by atoms with E-state index in [1.165, 1.54) is 0 Å². The molecule has 0 radical (unpaired) electrons. The first-order chi connectivity index (χ1) is 16.3. The number of amides is 1. The summed E-state index contributed by atoms with van der Waals surface area (Å²) >= 11 is 0. The maximum atomic E-state index is 12.0. The van der Waals surface area contributed by atoms with Gasteiger partial charge in [-0.1, -0.05) is 0 Å². The number of likely N-dealkylation sites (tertiary alicyclic amines) is 1. The monoisotopic (exact) mass is 488 g/mol. The highest BCUT2D eigenvalue weighted by Crippen LogP contribution is 2.36. The molecule has 0 aromatic carbocycles. The van der Waals surface area contributed by atoms with Crippen LogP contribution < -0.4 is 10.8 Å². The van der Waals surface area contributed by atoms with Crippen molar-refractivity contribution in [2.24, 2.45) is 5.92 Å². The van der Waals surface area contributed by atoms with Crippen LogP contribution in [-0.4, -0.2) is 70.4 Å². The molecule has 3 heterocycles. The summed E-state index contributed by atoms with van der Waals surface area (Å²) in [4.78, 5) is 14.7. The summed E-state index contributed by atoms with van der Waals surface area (Å²) in [7, 11) is -0.353. The van der Waals surface area contributed by atoms with Gasteiger partial charge >= 0.3 is 13.2 Å². The van der Waals surface area contributed by atoms with Gasteiger partial charge in [-0.2, -0.15) is 5.10 Å². The molecule has 3 aliphatic rings. The van der Waals surface area contributed by atoms with Crippen molar-refractivity contribution < 1.29 is 18.8 Å². The Hall–Kier alpha value is -1.58. The lowest BCUT2D eigenvalue weighted by Gasteiger charge is -2.36.